The number of hydrogen-bond donors (Lipinski definition) is 0. The van der Waals surface area contributed by atoms with E-state index in [4.69, 9.17) is 4.74 Å². The molecule has 0 spiro atoms. The van der Waals surface area contributed by atoms with Crippen LogP contribution in [0.3, 0.4) is 0 Å². The monoisotopic (exact) mass is 186 g/mol. The molecule has 2 heteroatoms. The number of ether oxygens (including phenoxy) is 1. The molecule has 0 saturated heterocycles. The van der Waals surface area contributed by atoms with Crippen LogP contribution in [-0.4, -0.2) is 11.7 Å². The zero-order valence-electron chi connectivity index (χ0n) is 6.41. The zero-order chi connectivity index (χ0) is 8.10. The molecule has 0 N–H and O–H groups in total. The van der Waals surface area contributed by atoms with Crippen molar-refractivity contribution in [2.75, 3.05) is 7.11 Å². The maximum atomic E-state index is 5.02. The summed E-state index contributed by atoms with van der Waals surface area (Å²) in [4.78, 5) is 0. The molecule has 0 unspecified atom stereocenters. The molecule has 0 aliphatic heterocycles. The van der Waals surface area contributed by atoms with Gasteiger partial charge in [0.05, 0.1) is 0 Å². The van der Waals surface area contributed by atoms with E-state index < -0.39 is 0 Å². The van der Waals surface area contributed by atoms with Crippen LogP contribution >= 0.6 is 0 Å². The number of hydrogen-bond acceptors (Lipinski definition) is 1. The number of methoxy groups -OCH3 is 1. The summed E-state index contributed by atoms with van der Waals surface area (Å²) in [5.74, 6) is 0. The van der Waals surface area contributed by atoms with Crippen LogP contribution in [0, 0.1) is 0 Å². The summed E-state index contributed by atoms with van der Waals surface area (Å²) in [5, 5.41) is 0. The molecular formula is C9H10CrO. The molecule has 11 heavy (non-hydrogen) atoms. The van der Waals surface area contributed by atoms with Gasteiger partial charge in [0.25, 0.3) is 0 Å². The first-order valence-corrected chi connectivity index (χ1v) is 4.07. The van der Waals surface area contributed by atoms with E-state index in [1.165, 1.54) is 5.56 Å². The van der Waals surface area contributed by atoms with Gasteiger partial charge in [0.15, 0.2) is 0 Å². The second kappa shape index (κ2) is 4.46. The van der Waals surface area contributed by atoms with Crippen molar-refractivity contribution in [1.29, 1.82) is 0 Å². The van der Waals surface area contributed by atoms with E-state index >= 15 is 0 Å². The van der Waals surface area contributed by atoms with E-state index in [9.17, 15) is 0 Å². The van der Waals surface area contributed by atoms with Crippen LogP contribution in [0.4, 0.5) is 0 Å². The molecule has 1 aromatic carbocycles. The quantitative estimate of drug-likeness (QED) is 0.696. The van der Waals surface area contributed by atoms with Crippen molar-refractivity contribution < 1.29 is 20.6 Å². The molecule has 0 radical (unpaired) electrons. The first-order valence-electron chi connectivity index (χ1n) is 3.43. The van der Waals surface area contributed by atoms with E-state index in [1.807, 2.05) is 18.2 Å². The SMILES string of the molecule is CO[C](=[Cr])Cc1ccccc1. The first-order chi connectivity index (χ1) is 5.33. The molecule has 1 rings (SSSR count). The Balaban J connectivity index is 2.58. The molecule has 0 bridgehead atoms. The second-order valence-corrected chi connectivity index (χ2v) is 2.95. The van der Waals surface area contributed by atoms with Gasteiger partial charge in [-0.1, -0.05) is 0 Å². The topological polar surface area (TPSA) is 9.23 Å². The van der Waals surface area contributed by atoms with Gasteiger partial charge in [0, 0.05) is 0 Å². The van der Waals surface area contributed by atoms with Crippen LogP contribution in [0.25, 0.3) is 0 Å². The normalized spacial score (nSPS) is 9.55. The first kappa shape index (κ1) is 8.68. The molecule has 1 aromatic rings. The Morgan fingerprint density at radius 2 is 2.00 bits per heavy atom. The minimum absolute atomic E-state index is 0.858. The Kier molecular flexibility index (Phi) is 3.52. The third-order valence-corrected chi connectivity index (χ3v) is 1.90. The van der Waals surface area contributed by atoms with Gasteiger partial charge in [0.1, 0.15) is 0 Å². The summed E-state index contributed by atoms with van der Waals surface area (Å²) in [6.07, 6.45) is 0.858. The predicted octanol–water partition coefficient (Wildman–Crippen LogP) is 1.55. The average Bonchev–Trinajstić information content (AvgIpc) is 2.06. The van der Waals surface area contributed by atoms with Crippen molar-refractivity contribution in [3.8, 4) is 0 Å². The van der Waals surface area contributed by atoms with Crippen LogP contribution < -0.4 is 0 Å². The van der Waals surface area contributed by atoms with Crippen molar-refractivity contribution in [1.82, 2.24) is 0 Å². The molecule has 0 aliphatic carbocycles. The summed E-state index contributed by atoms with van der Waals surface area (Å²) in [7, 11) is 1.68. The Bertz CT molecular complexity index is 231. The molecule has 0 heterocycles. The average molecular weight is 186 g/mol. The van der Waals surface area contributed by atoms with Gasteiger partial charge >= 0.3 is 74.6 Å². The Hall–Kier alpha value is -0.418. The third-order valence-electron chi connectivity index (χ3n) is 1.42. The zero-order valence-corrected chi connectivity index (χ0v) is 7.69. The van der Waals surface area contributed by atoms with E-state index in [0.29, 0.717) is 0 Å². The second-order valence-electron chi connectivity index (χ2n) is 2.24. The van der Waals surface area contributed by atoms with Gasteiger partial charge in [-0.3, -0.25) is 0 Å². The summed E-state index contributed by atoms with van der Waals surface area (Å²) >= 11 is 2.87. The Morgan fingerprint density at radius 3 is 2.55 bits per heavy atom. The van der Waals surface area contributed by atoms with Gasteiger partial charge in [-0.25, -0.2) is 0 Å². The van der Waals surface area contributed by atoms with Crippen molar-refractivity contribution in [3.63, 3.8) is 0 Å². The van der Waals surface area contributed by atoms with Crippen LogP contribution in [0.2, 0.25) is 0 Å². The van der Waals surface area contributed by atoms with Gasteiger partial charge in [-0.05, 0) is 0 Å². The molecule has 0 amide bonds. The minimum atomic E-state index is 0.858. The van der Waals surface area contributed by atoms with E-state index in [1.54, 1.807) is 7.11 Å². The Morgan fingerprint density at radius 1 is 1.36 bits per heavy atom. The van der Waals surface area contributed by atoms with Gasteiger partial charge < -0.3 is 0 Å². The number of benzene rings is 1. The van der Waals surface area contributed by atoms with Crippen LogP contribution in [0.15, 0.2) is 30.3 Å². The molecule has 1 nitrogen and oxygen atoms in total. The van der Waals surface area contributed by atoms with Gasteiger partial charge in [-0.2, -0.15) is 0 Å². The van der Waals surface area contributed by atoms with Crippen LogP contribution in [0.5, 0.6) is 0 Å². The molecule has 0 aliphatic rings. The molecule has 0 atom stereocenters. The standard InChI is InChI=1S/C9H10O.Cr/c1-10-8-7-9-5-3-2-4-6-9;/h2-6H,7H2,1H3;. The molecular weight excluding hydrogens is 176 g/mol. The summed E-state index contributed by atoms with van der Waals surface area (Å²) < 4.78 is 5.94. The van der Waals surface area contributed by atoms with Crippen molar-refractivity contribution in [2.45, 2.75) is 6.42 Å². The van der Waals surface area contributed by atoms with Crippen molar-refractivity contribution in [2.24, 2.45) is 0 Å². The fraction of sp³-hybridized carbons (Fsp3) is 0.222. The van der Waals surface area contributed by atoms with E-state index in [0.717, 1.165) is 11.0 Å². The third kappa shape index (κ3) is 2.99. The van der Waals surface area contributed by atoms with E-state index in [2.05, 4.69) is 28.0 Å². The van der Waals surface area contributed by atoms with Crippen LogP contribution in [-0.2, 0) is 27.0 Å². The molecule has 0 fully saturated rings. The van der Waals surface area contributed by atoms with Gasteiger partial charge in [0.2, 0.25) is 0 Å². The fourth-order valence-corrected chi connectivity index (χ4v) is 1.09. The van der Waals surface area contributed by atoms with Crippen molar-refractivity contribution >= 4 is 4.57 Å². The predicted molar refractivity (Wildman–Crippen MR) is 42.2 cm³/mol. The van der Waals surface area contributed by atoms with Crippen molar-refractivity contribution in [3.05, 3.63) is 35.9 Å². The summed E-state index contributed by atoms with van der Waals surface area (Å²) in [5.41, 5.74) is 1.27. The summed E-state index contributed by atoms with van der Waals surface area (Å²) in [6, 6.07) is 10.2. The maximum absolute atomic E-state index is 5.02. The summed E-state index contributed by atoms with van der Waals surface area (Å²) in [6.45, 7) is 0. The molecule has 0 aromatic heterocycles. The fourth-order valence-electron chi connectivity index (χ4n) is 0.835. The van der Waals surface area contributed by atoms with E-state index in [-0.39, 0.29) is 0 Å². The van der Waals surface area contributed by atoms with Gasteiger partial charge in [-0.15, -0.1) is 0 Å². The van der Waals surface area contributed by atoms with Crippen LogP contribution in [0.1, 0.15) is 5.56 Å². The molecule has 58 valence electrons. The Labute approximate surface area is 75.0 Å². The number of rotatable bonds is 3. The molecule has 0 saturated carbocycles.